The van der Waals surface area contributed by atoms with Crippen LogP contribution in [0.25, 0.3) is 0 Å². The summed E-state index contributed by atoms with van der Waals surface area (Å²) in [7, 11) is 1.35. The molecular formula is C10H14N2O2. The predicted octanol–water partition coefficient (Wildman–Crippen LogP) is 0.432. The van der Waals surface area contributed by atoms with Gasteiger partial charge in [-0.1, -0.05) is 12.1 Å². The van der Waals surface area contributed by atoms with Gasteiger partial charge in [0.1, 0.15) is 0 Å². The van der Waals surface area contributed by atoms with Crippen LogP contribution in [0.3, 0.4) is 0 Å². The lowest BCUT2D eigenvalue weighted by molar-refractivity contribution is 0.0600. The first kappa shape index (κ1) is 10.7. The summed E-state index contributed by atoms with van der Waals surface area (Å²) in [4.78, 5) is 11.2. The lowest BCUT2D eigenvalue weighted by atomic mass is 10.0. The van der Waals surface area contributed by atoms with Gasteiger partial charge in [0.15, 0.2) is 0 Å². The molecule has 0 saturated carbocycles. The van der Waals surface area contributed by atoms with E-state index in [1.165, 1.54) is 7.11 Å². The molecule has 0 amide bonds. The Kier molecular flexibility index (Phi) is 3.62. The van der Waals surface area contributed by atoms with Crippen molar-refractivity contribution in [3.63, 3.8) is 0 Å². The van der Waals surface area contributed by atoms with Crippen LogP contribution in [0.4, 0.5) is 0 Å². The van der Waals surface area contributed by atoms with Crippen molar-refractivity contribution < 1.29 is 9.53 Å². The number of rotatable bonds is 3. The molecule has 14 heavy (non-hydrogen) atoms. The number of ether oxygens (including phenoxy) is 1. The fourth-order valence-corrected chi connectivity index (χ4v) is 1.15. The lowest BCUT2D eigenvalue weighted by Gasteiger charge is -2.09. The summed E-state index contributed by atoms with van der Waals surface area (Å²) >= 11 is 0. The first-order valence-corrected chi connectivity index (χ1v) is 4.33. The molecule has 1 aromatic rings. The zero-order valence-electron chi connectivity index (χ0n) is 8.07. The Bertz CT molecular complexity index is 326. The van der Waals surface area contributed by atoms with Crippen molar-refractivity contribution >= 4 is 5.97 Å². The zero-order chi connectivity index (χ0) is 10.6. The van der Waals surface area contributed by atoms with Gasteiger partial charge in [-0.25, -0.2) is 4.79 Å². The molecular weight excluding hydrogens is 180 g/mol. The molecule has 0 saturated heterocycles. The summed E-state index contributed by atoms with van der Waals surface area (Å²) in [6.07, 6.45) is 0. The summed E-state index contributed by atoms with van der Waals surface area (Å²) in [6.45, 7) is 0.352. The van der Waals surface area contributed by atoms with E-state index >= 15 is 0 Å². The fraction of sp³-hybridized carbons (Fsp3) is 0.300. The van der Waals surface area contributed by atoms with Crippen molar-refractivity contribution in [1.29, 1.82) is 0 Å². The smallest absolute Gasteiger partial charge is 0.337 e. The predicted molar refractivity (Wildman–Crippen MR) is 53.8 cm³/mol. The fourth-order valence-electron chi connectivity index (χ4n) is 1.15. The molecule has 0 spiro atoms. The van der Waals surface area contributed by atoms with Crippen LogP contribution >= 0.6 is 0 Å². The Morgan fingerprint density at radius 1 is 1.57 bits per heavy atom. The number of methoxy groups -OCH3 is 1. The average molecular weight is 194 g/mol. The van der Waals surface area contributed by atoms with Crippen molar-refractivity contribution in [2.45, 2.75) is 6.04 Å². The van der Waals surface area contributed by atoms with Gasteiger partial charge in [-0.15, -0.1) is 0 Å². The highest BCUT2D eigenvalue weighted by Crippen LogP contribution is 2.12. The largest absolute Gasteiger partial charge is 0.465 e. The van der Waals surface area contributed by atoms with E-state index in [4.69, 9.17) is 11.5 Å². The molecule has 0 radical (unpaired) electrons. The molecule has 76 valence electrons. The van der Waals surface area contributed by atoms with Gasteiger partial charge in [-0.3, -0.25) is 0 Å². The second kappa shape index (κ2) is 4.74. The van der Waals surface area contributed by atoms with Crippen LogP contribution in [0.2, 0.25) is 0 Å². The van der Waals surface area contributed by atoms with E-state index in [1.807, 2.05) is 6.07 Å². The highest BCUT2D eigenvalue weighted by molar-refractivity contribution is 5.89. The van der Waals surface area contributed by atoms with Gasteiger partial charge in [0.2, 0.25) is 0 Å². The number of carbonyl (C=O) groups excluding carboxylic acids is 1. The molecule has 0 bridgehead atoms. The standard InChI is InChI=1S/C10H14N2O2/c1-14-10(13)8-4-2-3-7(5-8)9(12)6-11/h2-5,9H,6,11-12H2,1H3/t9-/m0/s1. The Hall–Kier alpha value is -1.39. The van der Waals surface area contributed by atoms with E-state index < -0.39 is 0 Å². The Morgan fingerprint density at radius 2 is 2.29 bits per heavy atom. The molecule has 4 heteroatoms. The number of benzene rings is 1. The van der Waals surface area contributed by atoms with Crippen LogP contribution in [0, 0.1) is 0 Å². The van der Waals surface area contributed by atoms with Crippen molar-refractivity contribution in [2.24, 2.45) is 11.5 Å². The highest BCUT2D eigenvalue weighted by Gasteiger charge is 2.08. The van der Waals surface area contributed by atoms with Crippen LogP contribution in [0.15, 0.2) is 24.3 Å². The van der Waals surface area contributed by atoms with Crippen LogP contribution in [0.1, 0.15) is 22.0 Å². The third-order valence-corrected chi connectivity index (χ3v) is 1.99. The van der Waals surface area contributed by atoms with Crippen LogP contribution in [-0.4, -0.2) is 19.6 Å². The molecule has 4 N–H and O–H groups in total. The van der Waals surface area contributed by atoms with Gasteiger partial charge in [0, 0.05) is 12.6 Å². The number of hydrogen-bond donors (Lipinski definition) is 2. The maximum Gasteiger partial charge on any atom is 0.337 e. The molecule has 0 aliphatic rings. The van der Waals surface area contributed by atoms with Gasteiger partial charge in [-0.2, -0.15) is 0 Å². The summed E-state index contributed by atoms with van der Waals surface area (Å²) < 4.78 is 4.59. The Balaban J connectivity index is 2.95. The molecule has 0 aromatic heterocycles. The first-order chi connectivity index (χ1) is 6.69. The van der Waals surface area contributed by atoms with E-state index in [1.54, 1.807) is 18.2 Å². The van der Waals surface area contributed by atoms with E-state index in [-0.39, 0.29) is 12.0 Å². The summed E-state index contributed by atoms with van der Waals surface area (Å²) in [5.41, 5.74) is 12.5. The summed E-state index contributed by atoms with van der Waals surface area (Å²) in [5, 5.41) is 0. The van der Waals surface area contributed by atoms with Crippen molar-refractivity contribution in [2.75, 3.05) is 13.7 Å². The Labute approximate surface area is 82.8 Å². The normalized spacial score (nSPS) is 12.2. The van der Waals surface area contributed by atoms with Crippen molar-refractivity contribution in [3.05, 3.63) is 35.4 Å². The minimum absolute atomic E-state index is 0.236. The second-order valence-corrected chi connectivity index (χ2v) is 2.96. The number of esters is 1. The highest BCUT2D eigenvalue weighted by atomic mass is 16.5. The maximum absolute atomic E-state index is 11.2. The quantitative estimate of drug-likeness (QED) is 0.684. The van der Waals surface area contributed by atoms with Gasteiger partial charge in [0.25, 0.3) is 0 Å². The maximum atomic E-state index is 11.2. The van der Waals surface area contributed by atoms with E-state index in [9.17, 15) is 4.79 Å². The first-order valence-electron chi connectivity index (χ1n) is 4.33. The summed E-state index contributed by atoms with van der Waals surface area (Å²) in [5.74, 6) is -0.365. The molecule has 4 nitrogen and oxygen atoms in total. The van der Waals surface area contributed by atoms with Crippen LogP contribution in [0.5, 0.6) is 0 Å². The monoisotopic (exact) mass is 194 g/mol. The van der Waals surface area contributed by atoms with Gasteiger partial charge < -0.3 is 16.2 Å². The Morgan fingerprint density at radius 3 is 2.86 bits per heavy atom. The lowest BCUT2D eigenvalue weighted by Crippen LogP contribution is -2.21. The average Bonchev–Trinajstić information content (AvgIpc) is 2.27. The van der Waals surface area contributed by atoms with Crippen molar-refractivity contribution in [1.82, 2.24) is 0 Å². The molecule has 0 fully saturated rings. The third kappa shape index (κ3) is 2.31. The minimum atomic E-state index is -0.365. The molecule has 1 atom stereocenters. The van der Waals surface area contributed by atoms with Crippen molar-refractivity contribution in [3.8, 4) is 0 Å². The molecule has 1 rings (SSSR count). The van der Waals surface area contributed by atoms with Crippen LogP contribution in [-0.2, 0) is 4.74 Å². The van der Waals surface area contributed by atoms with Gasteiger partial charge in [0.05, 0.1) is 12.7 Å². The number of carbonyl (C=O) groups is 1. The molecule has 0 aliphatic carbocycles. The zero-order valence-corrected chi connectivity index (χ0v) is 8.07. The third-order valence-electron chi connectivity index (χ3n) is 1.99. The summed E-state index contributed by atoms with van der Waals surface area (Å²) in [6, 6.07) is 6.74. The van der Waals surface area contributed by atoms with Gasteiger partial charge in [-0.05, 0) is 17.7 Å². The molecule has 0 heterocycles. The molecule has 1 aromatic carbocycles. The van der Waals surface area contributed by atoms with E-state index in [0.717, 1.165) is 5.56 Å². The number of nitrogens with two attached hydrogens (primary N) is 2. The van der Waals surface area contributed by atoms with E-state index in [0.29, 0.717) is 12.1 Å². The SMILES string of the molecule is COC(=O)c1cccc([C@@H](N)CN)c1. The van der Waals surface area contributed by atoms with Crippen LogP contribution < -0.4 is 11.5 Å². The second-order valence-electron chi connectivity index (χ2n) is 2.96. The minimum Gasteiger partial charge on any atom is -0.465 e. The van der Waals surface area contributed by atoms with Gasteiger partial charge >= 0.3 is 5.97 Å². The molecule has 0 aliphatic heterocycles. The molecule has 0 unspecified atom stereocenters. The topological polar surface area (TPSA) is 78.3 Å². The van der Waals surface area contributed by atoms with E-state index in [2.05, 4.69) is 4.74 Å². The number of hydrogen-bond acceptors (Lipinski definition) is 4.